The molecule has 0 bridgehead atoms. The van der Waals surface area contributed by atoms with Crippen LogP contribution in [0.15, 0.2) is 40.4 Å². The maximum absolute atomic E-state index is 13.0. The molecule has 0 aromatic carbocycles. The van der Waals surface area contributed by atoms with E-state index in [0.717, 1.165) is 18.7 Å². The molecule has 2 saturated heterocycles. The molecular weight excluding hydrogens is 420 g/mol. The lowest BCUT2D eigenvalue weighted by molar-refractivity contribution is 0.0832. The number of ether oxygens (including phenoxy) is 1. The summed E-state index contributed by atoms with van der Waals surface area (Å²) >= 11 is 0. The summed E-state index contributed by atoms with van der Waals surface area (Å²) < 4.78 is 34.6. The second kappa shape index (κ2) is 7.81. The van der Waals surface area contributed by atoms with Gasteiger partial charge in [-0.05, 0) is 30.9 Å². The number of imidazole rings is 1. The molecule has 10 nitrogen and oxygen atoms in total. The minimum Gasteiger partial charge on any atom is -0.381 e. The van der Waals surface area contributed by atoms with Crippen molar-refractivity contribution >= 4 is 15.5 Å². The van der Waals surface area contributed by atoms with Crippen LogP contribution < -0.4 is 5.56 Å². The van der Waals surface area contributed by atoms with Crippen molar-refractivity contribution in [1.82, 2.24) is 28.9 Å². The van der Waals surface area contributed by atoms with Crippen LogP contribution in [0.25, 0.3) is 5.52 Å². The molecule has 5 heterocycles. The van der Waals surface area contributed by atoms with Crippen LogP contribution in [0.1, 0.15) is 43.3 Å². The zero-order valence-corrected chi connectivity index (χ0v) is 18.0. The van der Waals surface area contributed by atoms with E-state index in [1.165, 1.54) is 16.6 Å². The molecule has 0 aliphatic carbocycles. The number of pyridine rings is 1. The predicted molar refractivity (Wildman–Crippen MR) is 111 cm³/mol. The third-order valence-electron chi connectivity index (χ3n) is 6.23. The maximum Gasteiger partial charge on any atom is 0.276 e. The van der Waals surface area contributed by atoms with Gasteiger partial charge >= 0.3 is 0 Å². The van der Waals surface area contributed by atoms with Crippen LogP contribution in [0.3, 0.4) is 0 Å². The summed E-state index contributed by atoms with van der Waals surface area (Å²) in [6.07, 6.45) is 6.11. The number of hydrogen-bond acceptors (Lipinski definition) is 7. The van der Waals surface area contributed by atoms with Crippen molar-refractivity contribution in [3.63, 3.8) is 0 Å². The molecule has 2 aliphatic rings. The number of H-pyrrole nitrogens is 1. The predicted octanol–water partition coefficient (Wildman–Crippen LogP) is 1.13. The Morgan fingerprint density at radius 3 is 2.74 bits per heavy atom. The molecule has 31 heavy (non-hydrogen) atoms. The third-order valence-corrected chi connectivity index (χ3v) is 8.05. The van der Waals surface area contributed by atoms with Gasteiger partial charge in [0.05, 0.1) is 6.20 Å². The summed E-state index contributed by atoms with van der Waals surface area (Å²) in [5.74, 6) is 1.19. The van der Waals surface area contributed by atoms with Gasteiger partial charge in [0.15, 0.2) is 5.52 Å². The number of nitrogens with one attached hydrogen (secondary N) is 1. The summed E-state index contributed by atoms with van der Waals surface area (Å²) in [7, 11) is -3.66. The van der Waals surface area contributed by atoms with Crippen LogP contribution in [0.5, 0.6) is 0 Å². The average Bonchev–Trinajstić information content (AvgIpc) is 3.39. The molecule has 2 aliphatic heterocycles. The first-order valence-corrected chi connectivity index (χ1v) is 11.8. The van der Waals surface area contributed by atoms with Crippen molar-refractivity contribution in [2.45, 2.75) is 36.5 Å². The van der Waals surface area contributed by atoms with E-state index >= 15 is 0 Å². The van der Waals surface area contributed by atoms with Crippen LogP contribution in [0.2, 0.25) is 0 Å². The van der Waals surface area contributed by atoms with Crippen molar-refractivity contribution in [2.75, 3.05) is 26.3 Å². The largest absolute Gasteiger partial charge is 0.381 e. The molecule has 11 heteroatoms. The molecule has 2 atom stereocenters. The Balaban J connectivity index is 1.48. The summed E-state index contributed by atoms with van der Waals surface area (Å²) in [5.41, 5.74) is 0.132. The van der Waals surface area contributed by atoms with Crippen molar-refractivity contribution in [1.29, 1.82) is 0 Å². The van der Waals surface area contributed by atoms with E-state index in [9.17, 15) is 13.2 Å². The molecule has 1 N–H and O–H groups in total. The van der Waals surface area contributed by atoms with Crippen LogP contribution in [-0.2, 0) is 14.8 Å². The normalized spacial score (nSPS) is 23.5. The van der Waals surface area contributed by atoms with Crippen LogP contribution in [0.4, 0.5) is 0 Å². The smallest absolute Gasteiger partial charge is 0.276 e. The van der Waals surface area contributed by atoms with Gasteiger partial charge in [-0.25, -0.2) is 17.9 Å². The van der Waals surface area contributed by atoms with Crippen LogP contribution in [0, 0.1) is 5.92 Å². The van der Waals surface area contributed by atoms with E-state index in [1.54, 1.807) is 23.0 Å². The van der Waals surface area contributed by atoms with E-state index in [4.69, 9.17) is 9.84 Å². The minimum atomic E-state index is -3.66. The van der Waals surface area contributed by atoms with Crippen molar-refractivity contribution in [3.05, 3.63) is 52.7 Å². The van der Waals surface area contributed by atoms with E-state index in [1.807, 2.05) is 6.92 Å². The van der Waals surface area contributed by atoms with Gasteiger partial charge in [-0.3, -0.25) is 9.78 Å². The number of nitrogens with zero attached hydrogens (tertiary/aromatic N) is 5. The first-order chi connectivity index (χ1) is 14.9. The highest BCUT2D eigenvalue weighted by Crippen LogP contribution is 2.34. The van der Waals surface area contributed by atoms with Gasteiger partial charge in [-0.1, -0.05) is 6.92 Å². The molecule has 0 saturated carbocycles. The number of sulfonamides is 1. The second-order valence-electron chi connectivity index (χ2n) is 8.23. The quantitative estimate of drug-likeness (QED) is 0.640. The Morgan fingerprint density at radius 1 is 1.19 bits per heavy atom. The van der Waals surface area contributed by atoms with Gasteiger partial charge in [-0.15, -0.1) is 0 Å². The van der Waals surface area contributed by atoms with E-state index < -0.39 is 10.0 Å². The molecular formula is C20H24N6O4S. The van der Waals surface area contributed by atoms with Crippen molar-refractivity contribution in [3.8, 4) is 0 Å². The lowest BCUT2D eigenvalue weighted by Crippen LogP contribution is -2.29. The van der Waals surface area contributed by atoms with Gasteiger partial charge in [0.25, 0.3) is 5.56 Å². The number of fused-ring (bicyclic) bond motifs is 1. The molecule has 5 rings (SSSR count). The molecule has 0 amide bonds. The Hall–Kier alpha value is -2.63. The van der Waals surface area contributed by atoms with E-state index in [2.05, 4.69) is 15.0 Å². The lowest BCUT2D eigenvalue weighted by Gasteiger charge is -2.21. The standard InChI is InChI=1S/C20H24N6O4S/c1-13-11-25(31(28,29)15-3-2-6-21-9-15)12-16(13)18-23-20(27)17-10-22-19(26(17)24-18)14-4-7-30-8-5-14/h2-3,6,9-10,13-14,16H,4-5,7-8,11-12H2,1H3,(H,23,24,27). The van der Waals surface area contributed by atoms with Gasteiger partial charge in [-0.2, -0.15) is 9.40 Å². The Labute approximate surface area is 179 Å². The summed E-state index contributed by atoms with van der Waals surface area (Å²) in [6.45, 7) is 3.89. The van der Waals surface area contributed by atoms with Crippen molar-refractivity contribution < 1.29 is 13.2 Å². The highest BCUT2D eigenvalue weighted by atomic mass is 32.2. The highest BCUT2D eigenvalue weighted by Gasteiger charge is 2.39. The summed E-state index contributed by atoms with van der Waals surface area (Å²) in [6, 6.07) is 3.14. The van der Waals surface area contributed by atoms with E-state index in [0.29, 0.717) is 31.1 Å². The summed E-state index contributed by atoms with van der Waals surface area (Å²) in [4.78, 5) is 24.2. The molecule has 164 valence electrons. The zero-order valence-electron chi connectivity index (χ0n) is 17.1. The van der Waals surface area contributed by atoms with Crippen LogP contribution in [-0.4, -0.2) is 63.6 Å². The first-order valence-electron chi connectivity index (χ1n) is 10.4. The fourth-order valence-corrected chi connectivity index (χ4v) is 5.99. The molecule has 2 fully saturated rings. The topological polar surface area (TPSA) is 123 Å². The number of aromatic nitrogens is 5. The molecule has 3 aromatic rings. The second-order valence-corrected chi connectivity index (χ2v) is 10.2. The first kappa shape index (κ1) is 20.3. The SMILES string of the molecule is CC1CN(S(=O)(=O)c2cccnc2)CC1c1nn2c(C3CCOCC3)ncc2c(=O)[nH]1. The zero-order chi connectivity index (χ0) is 21.6. The minimum absolute atomic E-state index is 0.0119. The highest BCUT2D eigenvalue weighted by molar-refractivity contribution is 7.89. The number of rotatable bonds is 4. The molecule has 0 spiro atoms. The lowest BCUT2D eigenvalue weighted by atomic mass is 9.97. The van der Waals surface area contributed by atoms with E-state index in [-0.39, 0.29) is 34.8 Å². The molecule has 0 radical (unpaired) electrons. The van der Waals surface area contributed by atoms with Crippen molar-refractivity contribution in [2.24, 2.45) is 5.92 Å². The summed E-state index contributed by atoms with van der Waals surface area (Å²) in [5, 5.41) is 4.72. The fourth-order valence-electron chi connectivity index (χ4n) is 4.46. The third kappa shape index (κ3) is 3.56. The fraction of sp³-hybridized carbons (Fsp3) is 0.500. The van der Waals surface area contributed by atoms with Gasteiger partial charge in [0.2, 0.25) is 10.0 Å². The Kier molecular flexibility index (Phi) is 5.11. The number of hydrogen-bond donors (Lipinski definition) is 1. The van der Waals surface area contributed by atoms with Gasteiger partial charge < -0.3 is 9.72 Å². The van der Waals surface area contributed by atoms with Gasteiger partial charge in [0.1, 0.15) is 16.5 Å². The van der Waals surface area contributed by atoms with Gasteiger partial charge in [0, 0.05) is 50.5 Å². The molecule has 2 unspecified atom stereocenters. The Bertz CT molecular complexity index is 1250. The Morgan fingerprint density at radius 2 is 2.00 bits per heavy atom. The molecule has 3 aromatic heterocycles. The average molecular weight is 445 g/mol. The maximum atomic E-state index is 13.0. The van der Waals surface area contributed by atoms with Crippen LogP contribution >= 0.6 is 0 Å². The number of aromatic amines is 1. The monoisotopic (exact) mass is 444 g/mol.